The highest BCUT2D eigenvalue weighted by Crippen LogP contribution is 2.19. The van der Waals surface area contributed by atoms with Crippen LogP contribution in [0, 0.1) is 0 Å². The molecule has 0 unspecified atom stereocenters. The second kappa shape index (κ2) is 4.26. The molecule has 0 fully saturated rings. The number of anilines is 1. The van der Waals surface area contributed by atoms with E-state index in [1.807, 2.05) is 0 Å². The van der Waals surface area contributed by atoms with Crippen LogP contribution in [0.1, 0.15) is 0 Å². The van der Waals surface area contributed by atoms with Crippen LogP contribution in [0.25, 0.3) is 0 Å². The normalized spacial score (nSPS) is 11.1. The average Bonchev–Trinajstić information content (AvgIpc) is 2.15. The van der Waals surface area contributed by atoms with E-state index in [9.17, 15) is 8.42 Å². The lowest BCUT2D eigenvalue weighted by Crippen LogP contribution is -2.08. The Morgan fingerprint density at radius 1 is 1.43 bits per heavy atom. The van der Waals surface area contributed by atoms with Gasteiger partial charge in [-0.15, -0.1) is 6.58 Å². The van der Waals surface area contributed by atoms with Gasteiger partial charge in [0.2, 0.25) is 0 Å². The van der Waals surface area contributed by atoms with Gasteiger partial charge >= 0.3 is 0 Å². The highest BCUT2D eigenvalue weighted by molar-refractivity contribution is 7.87. The third-order valence-corrected chi connectivity index (χ3v) is 2.89. The molecule has 2 N–H and O–H groups in total. The van der Waals surface area contributed by atoms with Crippen LogP contribution in [0.15, 0.2) is 41.8 Å². The summed E-state index contributed by atoms with van der Waals surface area (Å²) >= 11 is 0. The summed E-state index contributed by atoms with van der Waals surface area (Å²) in [4.78, 5) is -0.0122. The van der Waals surface area contributed by atoms with Gasteiger partial charge < -0.3 is 5.73 Å². The Labute approximate surface area is 83.1 Å². The number of rotatable bonds is 4. The van der Waals surface area contributed by atoms with Crippen LogP contribution in [0.5, 0.6) is 0 Å². The smallest absolute Gasteiger partial charge is 0.299 e. The van der Waals surface area contributed by atoms with Gasteiger partial charge in [0.15, 0.2) is 0 Å². The summed E-state index contributed by atoms with van der Waals surface area (Å²) in [5, 5.41) is 0. The summed E-state index contributed by atoms with van der Waals surface area (Å²) < 4.78 is 27.5. The van der Waals surface area contributed by atoms with Gasteiger partial charge in [0, 0.05) is 0 Å². The molecule has 0 aromatic heterocycles. The topological polar surface area (TPSA) is 69.4 Å². The number of hydrogen-bond donors (Lipinski definition) is 1. The van der Waals surface area contributed by atoms with E-state index < -0.39 is 10.1 Å². The van der Waals surface area contributed by atoms with Crippen LogP contribution in [0.2, 0.25) is 0 Å². The summed E-state index contributed by atoms with van der Waals surface area (Å²) in [5.74, 6) is 0. The largest absolute Gasteiger partial charge is 0.398 e. The molecule has 1 rings (SSSR count). The fraction of sp³-hybridized carbons (Fsp3) is 0.111. The molecule has 5 heteroatoms. The van der Waals surface area contributed by atoms with E-state index in [0.717, 1.165) is 0 Å². The molecule has 1 aromatic carbocycles. The molecule has 0 saturated carbocycles. The van der Waals surface area contributed by atoms with Crippen molar-refractivity contribution < 1.29 is 12.6 Å². The molecule has 0 heterocycles. The van der Waals surface area contributed by atoms with Crippen molar-refractivity contribution in [3.8, 4) is 0 Å². The first-order valence-corrected chi connectivity index (χ1v) is 5.33. The lowest BCUT2D eigenvalue weighted by Gasteiger charge is -2.05. The van der Waals surface area contributed by atoms with Crippen LogP contribution in [0.4, 0.5) is 5.69 Å². The molecular weight excluding hydrogens is 202 g/mol. The van der Waals surface area contributed by atoms with Gasteiger partial charge in [0.1, 0.15) is 4.90 Å². The first-order chi connectivity index (χ1) is 6.58. The number of nitrogen functional groups attached to an aromatic ring is 1. The SMILES string of the molecule is C=CCOS(=O)(=O)c1ccccc1N. The van der Waals surface area contributed by atoms with Crippen molar-refractivity contribution in [3.05, 3.63) is 36.9 Å². The quantitative estimate of drug-likeness (QED) is 0.463. The van der Waals surface area contributed by atoms with Crippen molar-refractivity contribution in [3.63, 3.8) is 0 Å². The van der Waals surface area contributed by atoms with Crippen LogP contribution in [-0.4, -0.2) is 15.0 Å². The summed E-state index contributed by atoms with van der Waals surface area (Å²) in [6.45, 7) is 3.30. The molecular formula is C9H11NO3S. The van der Waals surface area contributed by atoms with E-state index in [2.05, 4.69) is 10.8 Å². The molecule has 0 atom stereocenters. The zero-order valence-corrected chi connectivity index (χ0v) is 8.33. The second-order valence-corrected chi connectivity index (χ2v) is 4.15. The minimum absolute atomic E-state index is 0.0122. The Hall–Kier alpha value is -1.33. The maximum atomic E-state index is 11.5. The highest BCUT2D eigenvalue weighted by Gasteiger charge is 2.16. The predicted molar refractivity (Wildman–Crippen MR) is 54.2 cm³/mol. The number of hydrogen-bond acceptors (Lipinski definition) is 4. The van der Waals surface area contributed by atoms with Crippen LogP contribution in [-0.2, 0) is 14.3 Å². The fourth-order valence-corrected chi connectivity index (χ4v) is 1.91. The van der Waals surface area contributed by atoms with E-state index >= 15 is 0 Å². The third-order valence-electron chi connectivity index (χ3n) is 1.53. The molecule has 0 aliphatic carbocycles. The van der Waals surface area contributed by atoms with Gasteiger partial charge in [0.05, 0.1) is 12.3 Å². The Morgan fingerprint density at radius 2 is 2.07 bits per heavy atom. The molecule has 0 spiro atoms. The second-order valence-electron chi connectivity index (χ2n) is 2.57. The molecule has 0 bridgehead atoms. The molecule has 0 aliphatic rings. The van der Waals surface area contributed by atoms with Gasteiger partial charge in [-0.2, -0.15) is 8.42 Å². The van der Waals surface area contributed by atoms with Gasteiger partial charge in [-0.25, -0.2) is 0 Å². The van der Waals surface area contributed by atoms with Crippen LogP contribution < -0.4 is 5.73 Å². The van der Waals surface area contributed by atoms with E-state index in [0.29, 0.717) is 0 Å². The average molecular weight is 213 g/mol. The van der Waals surface area contributed by atoms with Crippen molar-refractivity contribution in [1.82, 2.24) is 0 Å². The van der Waals surface area contributed by atoms with Crippen molar-refractivity contribution >= 4 is 15.8 Å². The fourth-order valence-electron chi connectivity index (χ4n) is 0.909. The molecule has 0 aliphatic heterocycles. The van der Waals surface area contributed by atoms with E-state index in [1.54, 1.807) is 12.1 Å². The maximum absolute atomic E-state index is 11.5. The number of nitrogens with two attached hydrogens (primary N) is 1. The third kappa shape index (κ3) is 2.34. The van der Waals surface area contributed by atoms with Crippen LogP contribution in [0.3, 0.4) is 0 Å². The van der Waals surface area contributed by atoms with Gasteiger partial charge in [-0.05, 0) is 12.1 Å². The lowest BCUT2D eigenvalue weighted by molar-refractivity contribution is 0.357. The monoisotopic (exact) mass is 213 g/mol. The lowest BCUT2D eigenvalue weighted by atomic mass is 10.3. The minimum atomic E-state index is -3.75. The zero-order chi connectivity index (χ0) is 10.6. The molecule has 0 amide bonds. The molecule has 76 valence electrons. The maximum Gasteiger partial charge on any atom is 0.299 e. The molecule has 14 heavy (non-hydrogen) atoms. The molecule has 4 nitrogen and oxygen atoms in total. The zero-order valence-electron chi connectivity index (χ0n) is 7.51. The number of para-hydroxylation sites is 1. The summed E-state index contributed by atoms with van der Waals surface area (Å²) in [6.07, 6.45) is 1.36. The Bertz CT molecular complexity index is 425. The van der Waals surface area contributed by atoms with Crippen molar-refractivity contribution in [2.24, 2.45) is 0 Å². The summed E-state index contributed by atoms with van der Waals surface area (Å²) in [5.41, 5.74) is 5.67. The molecule has 0 saturated heterocycles. The van der Waals surface area contributed by atoms with Crippen LogP contribution >= 0.6 is 0 Å². The van der Waals surface area contributed by atoms with Crippen molar-refractivity contribution in [2.45, 2.75) is 4.90 Å². The van der Waals surface area contributed by atoms with E-state index in [-0.39, 0.29) is 17.2 Å². The minimum Gasteiger partial charge on any atom is -0.398 e. The van der Waals surface area contributed by atoms with E-state index in [1.165, 1.54) is 18.2 Å². The first-order valence-electron chi connectivity index (χ1n) is 3.93. The highest BCUT2D eigenvalue weighted by atomic mass is 32.2. The van der Waals surface area contributed by atoms with Gasteiger partial charge in [-0.3, -0.25) is 4.18 Å². The molecule has 0 radical (unpaired) electrons. The molecule has 1 aromatic rings. The number of benzene rings is 1. The Morgan fingerprint density at radius 3 is 2.64 bits per heavy atom. The Balaban J connectivity index is 3.04. The standard InChI is InChI=1S/C9H11NO3S/c1-2-7-13-14(11,12)9-6-4-3-5-8(9)10/h2-6H,1,7,10H2. The van der Waals surface area contributed by atoms with Gasteiger partial charge in [-0.1, -0.05) is 18.2 Å². The van der Waals surface area contributed by atoms with Gasteiger partial charge in [0.25, 0.3) is 10.1 Å². The summed E-state index contributed by atoms with van der Waals surface area (Å²) in [7, 11) is -3.75. The summed E-state index contributed by atoms with van der Waals surface area (Å²) in [6, 6.07) is 6.14. The predicted octanol–water partition coefficient (Wildman–Crippen LogP) is 1.16. The van der Waals surface area contributed by atoms with Crippen molar-refractivity contribution in [1.29, 1.82) is 0 Å². The Kier molecular flexibility index (Phi) is 3.27. The van der Waals surface area contributed by atoms with E-state index in [4.69, 9.17) is 5.73 Å². The van der Waals surface area contributed by atoms with Crippen molar-refractivity contribution in [2.75, 3.05) is 12.3 Å². The first kappa shape index (κ1) is 10.7.